The van der Waals surface area contributed by atoms with E-state index in [0.717, 1.165) is 16.9 Å². The van der Waals surface area contributed by atoms with Crippen LogP contribution in [0.25, 0.3) is 11.3 Å². The lowest BCUT2D eigenvalue weighted by Crippen LogP contribution is -2.17. The van der Waals surface area contributed by atoms with Crippen LogP contribution in [0.4, 0.5) is 0 Å². The molecule has 2 aromatic carbocycles. The smallest absolute Gasteiger partial charge is 0.289 e. The maximum Gasteiger partial charge on any atom is 0.289 e. The SMILES string of the molecule is CCOc1cccc(-c2cc(C(=O)NN=Cc3ccc(O)cc3)[nH]n2)c1. The molecule has 132 valence electrons. The van der Waals surface area contributed by atoms with Crippen LogP contribution in [0.3, 0.4) is 0 Å². The molecule has 0 fully saturated rings. The Kier molecular flexibility index (Phi) is 5.28. The van der Waals surface area contributed by atoms with Gasteiger partial charge >= 0.3 is 0 Å². The predicted molar refractivity (Wildman–Crippen MR) is 98.4 cm³/mol. The second-order valence-electron chi connectivity index (χ2n) is 5.42. The third-order valence-corrected chi connectivity index (χ3v) is 3.54. The first-order chi connectivity index (χ1) is 12.7. The van der Waals surface area contributed by atoms with Crippen molar-refractivity contribution < 1.29 is 14.6 Å². The highest BCUT2D eigenvalue weighted by Crippen LogP contribution is 2.22. The highest BCUT2D eigenvalue weighted by atomic mass is 16.5. The molecule has 0 aliphatic heterocycles. The van der Waals surface area contributed by atoms with Crippen molar-refractivity contribution in [1.29, 1.82) is 0 Å². The number of carbonyl (C=O) groups excluding carboxylic acids is 1. The van der Waals surface area contributed by atoms with Gasteiger partial charge in [-0.05, 0) is 55.0 Å². The summed E-state index contributed by atoms with van der Waals surface area (Å²) in [6.45, 7) is 2.50. The Balaban J connectivity index is 1.66. The summed E-state index contributed by atoms with van der Waals surface area (Å²) < 4.78 is 5.47. The fraction of sp³-hybridized carbons (Fsp3) is 0.105. The van der Waals surface area contributed by atoms with Gasteiger partial charge in [0.15, 0.2) is 0 Å². The van der Waals surface area contributed by atoms with E-state index in [1.54, 1.807) is 30.3 Å². The van der Waals surface area contributed by atoms with Crippen LogP contribution in [-0.2, 0) is 0 Å². The molecule has 0 spiro atoms. The van der Waals surface area contributed by atoms with E-state index in [2.05, 4.69) is 20.7 Å². The maximum atomic E-state index is 12.1. The standard InChI is InChI=1S/C19H18N4O3/c1-2-26-16-5-3-4-14(10-16)17-11-18(22-21-17)19(25)23-20-12-13-6-8-15(24)9-7-13/h3-12,24H,2H2,1H3,(H,21,22)(H,23,25). The zero-order valence-electron chi connectivity index (χ0n) is 14.1. The van der Waals surface area contributed by atoms with Gasteiger partial charge in [0.05, 0.1) is 18.5 Å². The van der Waals surface area contributed by atoms with Crippen LogP contribution in [0.2, 0.25) is 0 Å². The van der Waals surface area contributed by atoms with Crippen molar-refractivity contribution in [2.24, 2.45) is 5.10 Å². The zero-order valence-corrected chi connectivity index (χ0v) is 14.1. The monoisotopic (exact) mass is 350 g/mol. The third kappa shape index (κ3) is 4.27. The number of amides is 1. The number of ether oxygens (including phenoxy) is 1. The average Bonchev–Trinajstić information content (AvgIpc) is 3.14. The normalized spacial score (nSPS) is 10.8. The fourth-order valence-electron chi connectivity index (χ4n) is 2.28. The molecule has 1 heterocycles. The molecule has 3 N–H and O–H groups in total. The van der Waals surface area contributed by atoms with Crippen LogP contribution < -0.4 is 10.2 Å². The number of benzene rings is 2. The summed E-state index contributed by atoms with van der Waals surface area (Å²) in [5.41, 5.74) is 4.96. The average molecular weight is 350 g/mol. The second-order valence-corrected chi connectivity index (χ2v) is 5.42. The molecule has 0 unspecified atom stereocenters. The first kappa shape index (κ1) is 17.2. The Morgan fingerprint density at radius 3 is 2.85 bits per heavy atom. The molecule has 0 bridgehead atoms. The minimum absolute atomic E-state index is 0.171. The molecule has 3 rings (SSSR count). The number of nitrogens with one attached hydrogen (secondary N) is 2. The van der Waals surface area contributed by atoms with Gasteiger partial charge in [0, 0.05) is 5.56 Å². The van der Waals surface area contributed by atoms with Crippen molar-refractivity contribution in [2.75, 3.05) is 6.61 Å². The molecular formula is C19H18N4O3. The highest BCUT2D eigenvalue weighted by molar-refractivity contribution is 5.94. The van der Waals surface area contributed by atoms with Gasteiger partial charge in [0.2, 0.25) is 0 Å². The number of aromatic hydroxyl groups is 1. The topological polar surface area (TPSA) is 99.6 Å². The van der Waals surface area contributed by atoms with Crippen LogP contribution in [0.1, 0.15) is 23.0 Å². The van der Waals surface area contributed by atoms with Gasteiger partial charge in [-0.25, -0.2) is 5.43 Å². The summed E-state index contributed by atoms with van der Waals surface area (Å²) in [7, 11) is 0. The lowest BCUT2D eigenvalue weighted by Gasteiger charge is -2.03. The highest BCUT2D eigenvalue weighted by Gasteiger charge is 2.11. The second kappa shape index (κ2) is 7.98. The largest absolute Gasteiger partial charge is 0.508 e. The van der Waals surface area contributed by atoms with Crippen molar-refractivity contribution >= 4 is 12.1 Å². The molecule has 0 aliphatic carbocycles. The minimum atomic E-state index is -0.403. The summed E-state index contributed by atoms with van der Waals surface area (Å²) in [6, 6.07) is 15.6. The van der Waals surface area contributed by atoms with Gasteiger partial charge < -0.3 is 9.84 Å². The number of hydrogen-bond acceptors (Lipinski definition) is 5. The van der Waals surface area contributed by atoms with Crippen LogP contribution in [0.5, 0.6) is 11.5 Å². The summed E-state index contributed by atoms with van der Waals surface area (Å²) >= 11 is 0. The van der Waals surface area contributed by atoms with Gasteiger partial charge in [0.25, 0.3) is 5.91 Å². The van der Waals surface area contributed by atoms with Crippen molar-refractivity contribution in [3.63, 3.8) is 0 Å². The zero-order chi connectivity index (χ0) is 18.4. The number of aromatic nitrogens is 2. The van der Waals surface area contributed by atoms with E-state index < -0.39 is 5.91 Å². The number of rotatable bonds is 6. The van der Waals surface area contributed by atoms with E-state index in [9.17, 15) is 9.90 Å². The van der Waals surface area contributed by atoms with Gasteiger partial charge in [-0.2, -0.15) is 10.2 Å². The number of hydrogen-bond donors (Lipinski definition) is 3. The van der Waals surface area contributed by atoms with Crippen LogP contribution in [0.15, 0.2) is 59.7 Å². The van der Waals surface area contributed by atoms with Gasteiger partial charge in [0.1, 0.15) is 17.2 Å². The minimum Gasteiger partial charge on any atom is -0.508 e. The lowest BCUT2D eigenvalue weighted by atomic mass is 10.1. The van der Waals surface area contributed by atoms with E-state index >= 15 is 0 Å². The Morgan fingerprint density at radius 2 is 2.08 bits per heavy atom. The van der Waals surface area contributed by atoms with Crippen LogP contribution >= 0.6 is 0 Å². The van der Waals surface area contributed by atoms with E-state index in [1.807, 2.05) is 31.2 Å². The quantitative estimate of drug-likeness (QED) is 0.470. The van der Waals surface area contributed by atoms with Gasteiger partial charge in [-0.3, -0.25) is 9.89 Å². The molecule has 0 aliphatic rings. The van der Waals surface area contributed by atoms with Crippen molar-refractivity contribution in [1.82, 2.24) is 15.6 Å². The molecule has 7 nitrogen and oxygen atoms in total. The number of H-pyrrole nitrogens is 1. The molecule has 0 saturated carbocycles. The van der Waals surface area contributed by atoms with E-state index in [-0.39, 0.29) is 5.75 Å². The molecule has 26 heavy (non-hydrogen) atoms. The first-order valence-electron chi connectivity index (χ1n) is 8.07. The summed E-state index contributed by atoms with van der Waals surface area (Å²) in [5, 5.41) is 20.0. The summed E-state index contributed by atoms with van der Waals surface area (Å²) in [6.07, 6.45) is 1.49. The van der Waals surface area contributed by atoms with Crippen molar-refractivity contribution in [3.8, 4) is 22.8 Å². The first-order valence-corrected chi connectivity index (χ1v) is 8.07. The third-order valence-electron chi connectivity index (χ3n) is 3.54. The number of carbonyl (C=O) groups is 1. The maximum absolute atomic E-state index is 12.1. The van der Waals surface area contributed by atoms with E-state index in [0.29, 0.717) is 18.0 Å². The molecule has 0 saturated heterocycles. The number of nitrogens with zero attached hydrogens (tertiary/aromatic N) is 2. The number of aromatic amines is 1. The Morgan fingerprint density at radius 1 is 1.27 bits per heavy atom. The van der Waals surface area contributed by atoms with Crippen molar-refractivity contribution in [2.45, 2.75) is 6.92 Å². The molecule has 3 aromatic rings. The Labute approximate surface area is 150 Å². The lowest BCUT2D eigenvalue weighted by molar-refractivity contribution is 0.0950. The summed E-state index contributed by atoms with van der Waals surface area (Å²) in [5.74, 6) is 0.516. The van der Waals surface area contributed by atoms with Crippen LogP contribution in [0, 0.1) is 0 Å². The predicted octanol–water partition coefficient (Wildman–Crippen LogP) is 2.94. The summed E-state index contributed by atoms with van der Waals surface area (Å²) in [4.78, 5) is 12.1. The van der Waals surface area contributed by atoms with Crippen LogP contribution in [-0.4, -0.2) is 34.0 Å². The Hall–Kier alpha value is -3.61. The van der Waals surface area contributed by atoms with Gasteiger partial charge in [-0.15, -0.1) is 0 Å². The Bertz CT molecular complexity index is 917. The van der Waals surface area contributed by atoms with E-state index in [4.69, 9.17) is 4.74 Å². The molecular weight excluding hydrogens is 332 g/mol. The molecule has 1 amide bonds. The molecule has 0 radical (unpaired) electrons. The van der Waals surface area contributed by atoms with Crippen molar-refractivity contribution in [3.05, 3.63) is 65.9 Å². The molecule has 0 atom stereocenters. The molecule has 1 aromatic heterocycles. The van der Waals surface area contributed by atoms with Gasteiger partial charge in [-0.1, -0.05) is 12.1 Å². The number of hydrazone groups is 1. The van der Waals surface area contributed by atoms with E-state index in [1.165, 1.54) is 6.21 Å². The number of phenols is 1. The number of phenolic OH excluding ortho intramolecular Hbond substituents is 1. The fourth-order valence-corrected chi connectivity index (χ4v) is 2.28. The molecule has 7 heteroatoms.